The van der Waals surface area contributed by atoms with Gasteiger partial charge >= 0.3 is 6.11 Å². The van der Waals surface area contributed by atoms with E-state index in [1.807, 2.05) is 0 Å². The van der Waals surface area contributed by atoms with Crippen molar-refractivity contribution >= 4 is 0 Å². The number of unbranched alkanes of at least 4 members (excludes halogenated alkanes) is 2. The van der Waals surface area contributed by atoms with Crippen LogP contribution in [0.15, 0.2) is 72.8 Å². The first-order valence-corrected chi connectivity index (χ1v) is 14.2. The summed E-state index contributed by atoms with van der Waals surface area (Å²) >= 11 is 0. The Morgan fingerprint density at radius 1 is 0.705 bits per heavy atom. The molecule has 0 atom stereocenters. The highest BCUT2D eigenvalue weighted by Crippen LogP contribution is 2.36. The van der Waals surface area contributed by atoms with Crippen LogP contribution in [0.1, 0.15) is 50.0 Å². The largest absolute Gasteiger partial charge is 0.429 e. The Balaban J connectivity index is 1.24. The minimum atomic E-state index is -3.81. The van der Waals surface area contributed by atoms with Crippen molar-refractivity contribution in [3.8, 4) is 28.0 Å². The van der Waals surface area contributed by atoms with Gasteiger partial charge in [-0.25, -0.2) is 22.0 Å². The molecule has 1 aliphatic rings. The second-order valence-electron chi connectivity index (χ2n) is 10.7. The van der Waals surface area contributed by atoms with E-state index in [1.54, 1.807) is 0 Å². The van der Waals surface area contributed by atoms with E-state index in [-0.39, 0.29) is 22.3 Å². The SMILES string of the molecule is CCCCCC1COC(c2ccc(C(F)(F)Oc3ccc(-c4ccc(-c5cc(F)c(F)c(F)c5)c(F)c4)c(F)c3)cc2)OC1. The van der Waals surface area contributed by atoms with Crippen molar-refractivity contribution in [1.82, 2.24) is 0 Å². The Morgan fingerprint density at radius 3 is 1.91 bits per heavy atom. The van der Waals surface area contributed by atoms with Gasteiger partial charge in [0.1, 0.15) is 17.4 Å². The molecule has 0 radical (unpaired) electrons. The molecule has 0 spiro atoms. The molecule has 5 rings (SSSR count). The van der Waals surface area contributed by atoms with Crippen LogP contribution in [0.2, 0.25) is 0 Å². The zero-order valence-electron chi connectivity index (χ0n) is 23.7. The van der Waals surface area contributed by atoms with Crippen LogP contribution in [-0.2, 0) is 15.6 Å². The van der Waals surface area contributed by atoms with E-state index in [2.05, 4.69) is 6.92 Å². The van der Waals surface area contributed by atoms with Crippen molar-refractivity contribution in [2.24, 2.45) is 5.92 Å². The summed E-state index contributed by atoms with van der Waals surface area (Å²) in [7, 11) is 0. The molecule has 1 heterocycles. The Hall–Kier alpha value is -3.89. The summed E-state index contributed by atoms with van der Waals surface area (Å²) in [5.41, 5.74) is -0.488. The van der Waals surface area contributed by atoms with Crippen molar-refractivity contribution < 1.29 is 44.9 Å². The van der Waals surface area contributed by atoms with Crippen molar-refractivity contribution in [3.05, 3.63) is 113 Å². The molecule has 232 valence electrons. The van der Waals surface area contributed by atoms with Crippen LogP contribution in [-0.4, -0.2) is 13.2 Å². The molecule has 0 aliphatic carbocycles. The van der Waals surface area contributed by atoms with Crippen LogP contribution in [0.5, 0.6) is 5.75 Å². The molecule has 1 saturated heterocycles. The fraction of sp³-hybridized carbons (Fsp3) is 0.294. The highest BCUT2D eigenvalue weighted by atomic mass is 19.3. The highest BCUT2D eigenvalue weighted by molar-refractivity contribution is 5.72. The van der Waals surface area contributed by atoms with Crippen LogP contribution in [0.4, 0.5) is 30.7 Å². The van der Waals surface area contributed by atoms with Gasteiger partial charge in [0.15, 0.2) is 23.7 Å². The van der Waals surface area contributed by atoms with Crippen LogP contribution in [0.3, 0.4) is 0 Å². The van der Waals surface area contributed by atoms with E-state index in [4.69, 9.17) is 14.2 Å². The lowest BCUT2D eigenvalue weighted by molar-refractivity contribution is -0.206. The summed E-state index contributed by atoms with van der Waals surface area (Å²) in [6.07, 6.45) is -0.0685. The molecular formula is C34H29F7O3. The molecule has 44 heavy (non-hydrogen) atoms. The number of halogens is 7. The molecule has 4 aromatic carbocycles. The van der Waals surface area contributed by atoms with Crippen molar-refractivity contribution in [1.29, 1.82) is 0 Å². The van der Waals surface area contributed by atoms with Gasteiger partial charge in [-0.1, -0.05) is 50.5 Å². The molecule has 3 nitrogen and oxygen atoms in total. The van der Waals surface area contributed by atoms with Gasteiger partial charge in [-0.15, -0.1) is 0 Å². The Kier molecular flexibility index (Phi) is 9.60. The van der Waals surface area contributed by atoms with Crippen molar-refractivity contribution in [3.63, 3.8) is 0 Å². The number of benzene rings is 4. The van der Waals surface area contributed by atoms with E-state index in [1.165, 1.54) is 30.3 Å². The summed E-state index contributed by atoms with van der Waals surface area (Å²) in [5, 5.41) is 0. The van der Waals surface area contributed by atoms with Crippen LogP contribution in [0, 0.1) is 35.0 Å². The lowest BCUT2D eigenvalue weighted by atomic mass is 9.99. The Labute approximate surface area is 250 Å². The van der Waals surface area contributed by atoms with E-state index >= 15 is 0 Å². The molecule has 4 aromatic rings. The van der Waals surface area contributed by atoms with Gasteiger partial charge in [-0.3, -0.25) is 0 Å². The summed E-state index contributed by atoms with van der Waals surface area (Å²) in [4.78, 5) is 0. The average Bonchev–Trinajstić information content (AvgIpc) is 3.00. The molecule has 10 heteroatoms. The molecular weight excluding hydrogens is 589 g/mol. The monoisotopic (exact) mass is 618 g/mol. The number of hydrogen-bond acceptors (Lipinski definition) is 3. The lowest BCUT2D eigenvalue weighted by Gasteiger charge is -2.30. The van der Waals surface area contributed by atoms with Gasteiger partial charge in [0, 0.05) is 28.7 Å². The van der Waals surface area contributed by atoms with Crippen molar-refractivity contribution in [2.75, 3.05) is 13.2 Å². The minimum absolute atomic E-state index is 0.0279. The molecule has 1 aliphatic heterocycles. The molecule has 0 amide bonds. The third kappa shape index (κ3) is 7.08. The fourth-order valence-corrected chi connectivity index (χ4v) is 5.05. The van der Waals surface area contributed by atoms with Crippen molar-refractivity contribution in [2.45, 2.75) is 45.0 Å². The second kappa shape index (κ2) is 13.4. The summed E-state index contributed by atoms with van der Waals surface area (Å²) in [6.45, 7) is 3.20. The van der Waals surface area contributed by atoms with Crippen LogP contribution in [0.25, 0.3) is 22.3 Å². The van der Waals surface area contributed by atoms with E-state index in [0.717, 1.165) is 56.0 Å². The number of alkyl halides is 2. The molecule has 0 aromatic heterocycles. The minimum Gasteiger partial charge on any atom is -0.429 e. The quantitative estimate of drug-likeness (QED) is 0.101. The molecule has 0 N–H and O–H groups in total. The Morgan fingerprint density at radius 2 is 1.30 bits per heavy atom. The highest BCUT2D eigenvalue weighted by Gasteiger charge is 2.35. The van der Waals surface area contributed by atoms with Gasteiger partial charge in [0.2, 0.25) is 0 Å². The first-order chi connectivity index (χ1) is 21.1. The third-order valence-corrected chi connectivity index (χ3v) is 7.46. The molecule has 0 bridgehead atoms. The fourth-order valence-electron chi connectivity index (χ4n) is 5.05. The van der Waals surface area contributed by atoms with Crippen LogP contribution >= 0.6 is 0 Å². The number of rotatable bonds is 10. The lowest BCUT2D eigenvalue weighted by Crippen LogP contribution is -2.27. The van der Waals surface area contributed by atoms with Crippen LogP contribution < -0.4 is 4.74 Å². The zero-order chi connectivity index (χ0) is 31.4. The standard InChI is InChI=1S/C34H29F7O3/c1-2-3-4-5-20-18-42-33(43-19-20)21-6-9-24(10-7-21)34(40,41)44-25-11-13-26(29(36)17-25)22-8-12-27(28(35)14-22)23-15-30(37)32(39)31(38)16-23/h6-17,20,33H,2-5,18-19H2,1H3. The first kappa shape index (κ1) is 31.5. The third-order valence-electron chi connectivity index (χ3n) is 7.46. The van der Waals surface area contributed by atoms with Gasteiger partial charge in [0.05, 0.1) is 18.8 Å². The number of hydrogen-bond donors (Lipinski definition) is 0. The molecule has 0 saturated carbocycles. The summed E-state index contributed by atoms with van der Waals surface area (Å²) < 4.78 is 117. The summed E-state index contributed by atoms with van der Waals surface area (Å²) in [6, 6.07) is 12.9. The maximum absolute atomic E-state index is 15.0. The average molecular weight is 619 g/mol. The van der Waals surface area contributed by atoms with Gasteiger partial charge in [-0.2, -0.15) is 8.78 Å². The van der Waals surface area contributed by atoms with Gasteiger partial charge in [-0.05, 0) is 60.0 Å². The predicted molar refractivity (Wildman–Crippen MR) is 150 cm³/mol. The van der Waals surface area contributed by atoms with E-state index in [9.17, 15) is 30.7 Å². The smallest absolute Gasteiger partial charge is 0.426 e. The topological polar surface area (TPSA) is 27.7 Å². The first-order valence-electron chi connectivity index (χ1n) is 14.2. The molecule has 0 unspecified atom stereocenters. The second-order valence-corrected chi connectivity index (χ2v) is 10.7. The number of ether oxygens (including phenoxy) is 3. The van der Waals surface area contributed by atoms with E-state index in [0.29, 0.717) is 36.8 Å². The van der Waals surface area contributed by atoms with Gasteiger partial charge in [0.25, 0.3) is 0 Å². The maximum atomic E-state index is 15.0. The van der Waals surface area contributed by atoms with E-state index < -0.39 is 52.8 Å². The maximum Gasteiger partial charge on any atom is 0.426 e. The Bertz CT molecular complexity index is 1580. The predicted octanol–water partition coefficient (Wildman–Crippen LogP) is 10.1. The van der Waals surface area contributed by atoms with Gasteiger partial charge < -0.3 is 14.2 Å². The molecule has 1 fully saturated rings. The zero-order valence-corrected chi connectivity index (χ0v) is 23.7. The normalized spacial score (nSPS) is 17.1. The summed E-state index contributed by atoms with van der Waals surface area (Å²) in [5.74, 6) is -6.77.